The third kappa shape index (κ3) is 9.45. The Hall–Kier alpha value is -2.33. The van der Waals surface area contributed by atoms with Gasteiger partial charge < -0.3 is 29.3 Å². The third-order valence-corrected chi connectivity index (χ3v) is 7.15. The summed E-state index contributed by atoms with van der Waals surface area (Å²) in [6.07, 6.45) is 5.49. The number of ketones is 1. The van der Waals surface area contributed by atoms with Crippen LogP contribution < -0.4 is 0 Å². The van der Waals surface area contributed by atoms with E-state index in [0.717, 1.165) is 70.6 Å². The molecule has 216 valence electrons. The van der Waals surface area contributed by atoms with Crippen LogP contribution in [0.15, 0.2) is 11.8 Å². The van der Waals surface area contributed by atoms with E-state index in [-0.39, 0.29) is 24.1 Å². The van der Waals surface area contributed by atoms with Crippen molar-refractivity contribution < 1.29 is 29.0 Å². The summed E-state index contributed by atoms with van der Waals surface area (Å²) in [5.74, 6) is 0.213. The van der Waals surface area contributed by atoms with Gasteiger partial charge in [-0.1, -0.05) is 0 Å². The fraction of sp³-hybridized carbons (Fsp3) is 0.821. The monoisotopic (exact) mass is 536 g/mol. The Morgan fingerprint density at radius 3 is 1.68 bits per heavy atom. The van der Waals surface area contributed by atoms with Gasteiger partial charge in [0.15, 0.2) is 5.78 Å². The summed E-state index contributed by atoms with van der Waals surface area (Å²) in [6.45, 7) is 17.4. The van der Waals surface area contributed by atoms with Crippen molar-refractivity contribution >= 4 is 18.0 Å². The molecule has 4 rings (SSSR count). The van der Waals surface area contributed by atoms with Crippen molar-refractivity contribution in [2.24, 2.45) is 0 Å². The number of hydrogen-bond donors (Lipinski definition) is 1. The first-order chi connectivity index (χ1) is 17.7. The van der Waals surface area contributed by atoms with Crippen LogP contribution in [0.1, 0.15) is 73.6 Å². The molecule has 4 aliphatic rings. The predicted octanol–water partition coefficient (Wildman–Crippen LogP) is 3.24. The van der Waals surface area contributed by atoms with E-state index in [1.165, 1.54) is 0 Å². The van der Waals surface area contributed by atoms with Gasteiger partial charge >= 0.3 is 12.2 Å². The highest BCUT2D eigenvalue weighted by molar-refractivity contribution is 5.92. The number of piperazine rings is 2. The van der Waals surface area contributed by atoms with E-state index in [1.807, 2.05) is 41.5 Å². The number of aliphatic hydroxyl groups excluding tert-OH is 1. The van der Waals surface area contributed by atoms with Gasteiger partial charge in [-0.2, -0.15) is 0 Å². The lowest BCUT2D eigenvalue weighted by molar-refractivity contribution is -0.114. The second-order valence-electron chi connectivity index (χ2n) is 12.7. The Labute approximate surface area is 227 Å². The van der Waals surface area contributed by atoms with Gasteiger partial charge in [-0.05, 0) is 67.2 Å². The molecule has 2 aliphatic heterocycles. The number of ether oxygens (including phenoxy) is 2. The lowest BCUT2D eigenvalue weighted by Crippen LogP contribution is -2.52. The highest BCUT2D eigenvalue weighted by Gasteiger charge is 2.32. The molecule has 0 bridgehead atoms. The van der Waals surface area contributed by atoms with Crippen LogP contribution in [0.5, 0.6) is 0 Å². The molecule has 2 saturated heterocycles. The quantitative estimate of drug-likeness (QED) is 0.574. The maximum absolute atomic E-state index is 11.9. The molecule has 38 heavy (non-hydrogen) atoms. The highest BCUT2D eigenvalue weighted by Crippen LogP contribution is 2.25. The van der Waals surface area contributed by atoms with Gasteiger partial charge in [0.25, 0.3) is 0 Å². The number of carbonyl (C=O) groups is 3. The summed E-state index contributed by atoms with van der Waals surface area (Å²) in [5, 5.41) is 9.59. The van der Waals surface area contributed by atoms with Gasteiger partial charge in [0.2, 0.25) is 0 Å². The molecule has 0 aromatic rings. The fourth-order valence-corrected chi connectivity index (χ4v) is 5.20. The Morgan fingerprint density at radius 2 is 1.29 bits per heavy atom. The van der Waals surface area contributed by atoms with Crippen molar-refractivity contribution in [2.75, 3.05) is 52.4 Å². The van der Waals surface area contributed by atoms with E-state index in [0.29, 0.717) is 25.6 Å². The molecule has 2 aliphatic carbocycles. The van der Waals surface area contributed by atoms with Crippen molar-refractivity contribution in [3.8, 4) is 0 Å². The maximum atomic E-state index is 11.9. The summed E-state index contributed by atoms with van der Waals surface area (Å²) in [7, 11) is 0. The number of nitrogens with zero attached hydrogens (tertiary/aromatic N) is 4. The summed E-state index contributed by atoms with van der Waals surface area (Å²) in [6, 6.07) is 0.496. The van der Waals surface area contributed by atoms with Gasteiger partial charge in [-0.25, -0.2) is 9.59 Å². The van der Waals surface area contributed by atoms with Gasteiger partial charge in [0, 0.05) is 76.6 Å². The van der Waals surface area contributed by atoms with E-state index < -0.39 is 11.2 Å². The summed E-state index contributed by atoms with van der Waals surface area (Å²) >= 11 is 0. The lowest BCUT2D eigenvalue weighted by Gasteiger charge is -2.38. The highest BCUT2D eigenvalue weighted by atomic mass is 16.6. The number of carbonyl (C=O) groups excluding carboxylic acids is 3. The summed E-state index contributed by atoms with van der Waals surface area (Å²) < 4.78 is 10.7. The number of aliphatic hydroxyl groups is 1. The SMILES string of the molecule is CC(C)(C)OC(=O)N1CCN(C2=CC(=O)CC2)CC1.CC(C)(C)OC(=O)N1CCN(C2CCC(O)C2)CC1. The van der Waals surface area contributed by atoms with Gasteiger partial charge in [-0.15, -0.1) is 0 Å². The Kier molecular flexibility index (Phi) is 10.1. The van der Waals surface area contributed by atoms with Crippen LogP contribution in [-0.2, 0) is 14.3 Å². The van der Waals surface area contributed by atoms with E-state index in [1.54, 1.807) is 15.9 Å². The molecule has 2 unspecified atom stereocenters. The second-order valence-corrected chi connectivity index (χ2v) is 12.7. The number of amides is 2. The summed E-state index contributed by atoms with van der Waals surface area (Å²) in [5.41, 5.74) is 0.243. The Morgan fingerprint density at radius 1 is 0.789 bits per heavy atom. The van der Waals surface area contributed by atoms with Crippen LogP contribution in [0, 0.1) is 0 Å². The zero-order valence-corrected chi connectivity index (χ0v) is 24.2. The molecule has 1 N–H and O–H groups in total. The van der Waals surface area contributed by atoms with Crippen molar-refractivity contribution in [3.05, 3.63) is 11.8 Å². The zero-order chi connectivity index (χ0) is 28.1. The first-order valence-corrected chi connectivity index (χ1v) is 14.1. The fourth-order valence-electron chi connectivity index (χ4n) is 5.20. The molecule has 0 spiro atoms. The standard InChI is InChI=1S/C14H26N2O3.C14H22N2O3/c2*1-14(2,3)19-13(18)16-8-6-15(7-9-16)11-4-5-12(17)10-11/h11-12,17H,4-10H2,1-3H3;10H,4-9H2,1-3H3. The summed E-state index contributed by atoms with van der Waals surface area (Å²) in [4.78, 5) is 43.2. The van der Waals surface area contributed by atoms with E-state index >= 15 is 0 Å². The molecular formula is C28H48N4O6. The second kappa shape index (κ2) is 12.7. The Balaban J connectivity index is 0.000000211. The zero-order valence-electron chi connectivity index (χ0n) is 24.2. The molecule has 0 aromatic heterocycles. The molecule has 2 amide bonds. The van der Waals surface area contributed by atoms with Gasteiger partial charge in [0.1, 0.15) is 11.2 Å². The largest absolute Gasteiger partial charge is 0.444 e. The van der Waals surface area contributed by atoms with Crippen LogP contribution in [0.3, 0.4) is 0 Å². The average molecular weight is 537 g/mol. The maximum Gasteiger partial charge on any atom is 0.410 e. The molecule has 2 heterocycles. The molecule has 10 heteroatoms. The minimum atomic E-state index is -0.450. The Bertz CT molecular complexity index is 862. The van der Waals surface area contributed by atoms with E-state index in [4.69, 9.17) is 9.47 Å². The normalized spacial score (nSPS) is 25.1. The molecule has 2 atom stereocenters. The number of allylic oxidation sites excluding steroid dienone is 2. The number of hydrogen-bond acceptors (Lipinski definition) is 8. The van der Waals surface area contributed by atoms with E-state index in [2.05, 4.69) is 9.80 Å². The molecular weight excluding hydrogens is 488 g/mol. The van der Waals surface area contributed by atoms with Gasteiger partial charge in [-0.3, -0.25) is 9.69 Å². The van der Waals surface area contributed by atoms with E-state index in [9.17, 15) is 19.5 Å². The van der Waals surface area contributed by atoms with Crippen LogP contribution in [0.4, 0.5) is 9.59 Å². The van der Waals surface area contributed by atoms with Crippen molar-refractivity contribution in [3.63, 3.8) is 0 Å². The van der Waals surface area contributed by atoms with Crippen LogP contribution in [-0.4, -0.2) is 118 Å². The predicted molar refractivity (Wildman–Crippen MR) is 145 cm³/mol. The van der Waals surface area contributed by atoms with Crippen molar-refractivity contribution in [1.82, 2.24) is 19.6 Å². The first kappa shape index (κ1) is 30.2. The third-order valence-electron chi connectivity index (χ3n) is 7.15. The van der Waals surface area contributed by atoms with Crippen LogP contribution >= 0.6 is 0 Å². The van der Waals surface area contributed by atoms with Crippen LogP contribution in [0.2, 0.25) is 0 Å². The molecule has 1 saturated carbocycles. The average Bonchev–Trinajstić information content (AvgIpc) is 3.46. The number of rotatable bonds is 2. The molecule has 10 nitrogen and oxygen atoms in total. The molecule has 3 fully saturated rings. The lowest BCUT2D eigenvalue weighted by atomic mass is 10.2. The van der Waals surface area contributed by atoms with Crippen LogP contribution in [0.25, 0.3) is 0 Å². The minimum Gasteiger partial charge on any atom is -0.444 e. The molecule has 0 aromatic carbocycles. The van der Waals surface area contributed by atoms with Crippen molar-refractivity contribution in [2.45, 2.75) is 97.0 Å². The topological polar surface area (TPSA) is 103 Å². The molecule has 0 radical (unpaired) electrons. The van der Waals surface area contributed by atoms with Gasteiger partial charge in [0.05, 0.1) is 6.10 Å². The van der Waals surface area contributed by atoms with Crippen molar-refractivity contribution in [1.29, 1.82) is 0 Å². The first-order valence-electron chi connectivity index (χ1n) is 14.1. The smallest absolute Gasteiger partial charge is 0.410 e. The minimum absolute atomic E-state index is 0.131.